The number of nitrogens with one attached hydrogen (secondary N) is 1. The Bertz CT molecular complexity index is 923. The summed E-state index contributed by atoms with van der Waals surface area (Å²) in [4.78, 5) is 15.1. The van der Waals surface area contributed by atoms with Gasteiger partial charge in [-0.1, -0.05) is 12.1 Å². The van der Waals surface area contributed by atoms with Crippen LogP contribution in [0.3, 0.4) is 0 Å². The Kier molecular flexibility index (Phi) is 4.92. The van der Waals surface area contributed by atoms with E-state index in [2.05, 4.69) is 21.4 Å². The highest BCUT2D eigenvalue weighted by Gasteiger charge is 2.16. The van der Waals surface area contributed by atoms with Gasteiger partial charge in [0.1, 0.15) is 0 Å². The summed E-state index contributed by atoms with van der Waals surface area (Å²) < 4.78 is 1.85. The van der Waals surface area contributed by atoms with Gasteiger partial charge in [0.05, 0.1) is 17.1 Å². The number of hydrogen-bond donors (Lipinski definition) is 1. The summed E-state index contributed by atoms with van der Waals surface area (Å²) in [5, 5.41) is 7.39. The second-order valence-electron chi connectivity index (χ2n) is 6.95. The fraction of sp³-hybridized carbons (Fsp3) is 0.273. The second-order valence-corrected chi connectivity index (χ2v) is 6.95. The van der Waals surface area contributed by atoms with Crippen molar-refractivity contribution in [3.8, 4) is 5.69 Å². The minimum atomic E-state index is -0.0943. The van der Waals surface area contributed by atoms with Crippen LogP contribution < -0.4 is 10.2 Å². The number of aryl methyl sites for hydroxylation is 1. The zero-order chi connectivity index (χ0) is 18.6. The normalized spacial score (nSPS) is 14.2. The number of para-hydroxylation sites is 2. The van der Waals surface area contributed by atoms with E-state index >= 15 is 0 Å². The van der Waals surface area contributed by atoms with E-state index in [0.29, 0.717) is 5.56 Å². The first kappa shape index (κ1) is 17.3. The summed E-state index contributed by atoms with van der Waals surface area (Å²) in [6.45, 7) is 4.10. The maximum absolute atomic E-state index is 12.8. The topological polar surface area (TPSA) is 50.2 Å². The van der Waals surface area contributed by atoms with E-state index in [4.69, 9.17) is 0 Å². The van der Waals surface area contributed by atoms with Crippen LogP contribution in [0.25, 0.3) is 5.69 Å². The van der Waals surface area contributed by atoms with Gasteiger partial charge in [0.2, 0.25) is 0 Å². The van der Waals surface area contributed by atoms with Crippen molar-refractivity contribution in [2.45, 2.75) is 26.2 Å². The van der Waals surface area contributed by atoms with Gasteiger partial charge >= 0.3 is 0 Å². The number of carbonyl (C=O) groups excluding carboxylic acids is 1. The summed E-state index contributed by atoms with van der Waals surface area (Å²) in [5.41, 5.74) is 4.62. The molecule has 0 atom stereocenters. The molecule has 0 saturated carbocycles. The molecule has 1 N–H and O–H groups in total. The molecule has 1 aliphatic rings. The van der Waals surface area contributed by atoms with Gasteiger partial charge in [-0.25, -0.2) is 4.68 Å². The summed E-state index contributed by atoms with van der Waals surface area (Å²) in [5.74, 6) is -0.0943. The molecule has 5 heteroatoms. The van der Waals surface area contributed by atoms with Crippen molar-refractivity contribution in [2.24, 2.45) is 0 Å². The van der Waals surface area contributed by atoms with Gasteiger partial charge < -0.3 is 10.2 Å². The zero-order valence-corrected chi connectivity index (χ0v) is 15.6. The maximum atomic E-state index is 12.8. The molecule has 1 aromatic heterocycles. The van der Waals surface area contributed by atoms with Crippen LogP contribution in [0.4, 0.5) is 11.4 Å². The lowest BCUT2D eigenvalue weighted by molar-refractivity contribution is 0.102. The van der Waals surface area contributed by atoms with Gasteiger partial charge in [-0.2, -0.15) is 5.10 Å². The lowest BCUT2D eigenvalue weighted by Gasteiger charge is -2.30. The summed E-state index contributed by atoms with van der Waals surface area (Å²) >= 11 is 0. The molecule has 5 nitrogen and oxygen atoms in total. The van der Waals surface area contributed by atoms with Crippen molar-refractivity contribution in [1.29, 1.82) is 0 Å². The molecule has 1 saturated heterocycles. The van der Waals surface area contributed by atoms with Crippen molar-refractivity contribution in [3.63, 3.8) is 0 Å². The smallest absolute Gasteiger partial charge is 0.255 e. The lowest BCUT2D eigenvalue weighted by atomic mass is 10.1. The van der Waals surface area contributed by atoms with Gasteiger partial charge in [-0.15, -0.1) is 0 Å². The Labute approximate surface area is 159 Å². The lowest BCUT2D eigenvalue weighted by Crippen LogP contribution is -2.30. The number of amides is 1. The monoisotopic (exact) mass is 360 g/mol. The number of carbonyl (C=O) groups is 1. The van der Waals surface area contributed by atoms with Crippen LogP contribution in [0, 0.1) is 6.92 Å². The van der Waals surface area contributed by atoms with Crippen molar-refractivity contribution < 1.29 is 4.79 Å². The van der Waals surface area contributed by atoms with Crippen LogP contribution in [-0.2, 0) is 0 Å². The molecule has 1 fully saturated rings. The van der Waals surface area contributed by atoms with Crippen LogP contribution in [0.2, 0.25) is 0 Å². The number of piperidine rings is 1. The van der Waals surface area contributed by atoms with E-state index in [1.807, 2.05) is 60.1 Å². The van der Waals surface area contributed by atoms with Gasteiger partial charge in [-0.3, -0.25) is 4.79 Å². The quantitative estimate of drug-likeness (QED) is 0.749. The molecule has 4 rings (SSSR count). The standard InChI is InChI=1S/C22H24N4O/c1-17-13-14-23-26(17)19-11-9-18(10-12-19)22(27)24-20-7-3-4-8-21(20)25-15-5-2-6-16-25/h3-4,7-14H,2,5-6,15-16H2,1H3,(H,24,27). The summed E-state index contributed by atoms with van der Waals surface area (Å²) in [7, 11) is 0. The van der Waals surface area contributed by atoms with E-state index in [9.17, 15) is 4.79 Å². The van der Waals surface area contributed by atoms with E-state index in [-0.39, 0.29) is 5.91 Å². The highest BCUT2D eigenvalue weighted by atomic mass is 16.1. The molecule has 1 amide bonds. The Hall–Kier alpha value is -3.08. The minimum absolute atomic E-state index is 0.0943. The van der Waals surface area contributed by atoms with E-state index < -0.39 is 0 Å². The Morgan fingerprint density at radius 2 is 1.70 bits per heavy atom. The molecule has 2 heterocycles. The van der Waals surface area contributed by atoms with Crippen LogP contribution in [0.15, 0.2) is 60.8 Å². The molecule has 27 heavy (non-hydrogen) atoms. The Morgan fingerprint density at radius 1 is 0.963 bits per heavy atom. The third-order valence-corrected chi connectivity index (χ3v) is 5.06. The molecule has 0 radical (unpaired) electrons. The second kappa shape index (κ2) is 7.66. The maximum Gasteiger partial charge on any atom is 0.255 e. The SMILES string of the molecule is Cc1ccnn1-c1ccc(C(=O)Nc2ccccc2N2CCCCC2)cc1. The van der Waals surface area contributed by atoms with Crippen LogP contribution in [0.1, 0.15) is 35.3 Å². The number of anilines is 2. The number of nitrogens with zero attached hydrogens (tertiary/aromatic N) is 3. The predicted octanol–water partition coefficient (Wildman–Crippen LogP) is 4.42. The molecular formula is C22H24N4O. The highest BCUT2D eigenvalue weighted by molar-refractivity contribution is 6.06. The van der Waals surface area contributed by atoms with Gasteiger partial charge in [0.25, 0.3) is 5.91 Å². The fourth-order valence-corrected chi connectivity index (χ4v) is 3.58. The zero-order valence-electron chi connectivity index (χ0n) is 15.6. The first-order valence-electron chi connectivity index (χ1n) is 9.49. The number of hydrogen-bond acceptors (Lipinski definition) is 3. The number of benzene rings is 2. The van der Waals surface area contributed by atoms with E-state index in [1.54, 1.807) is 6.20 Å². The molecule has 138 valence electrons. The molecule has 0 unspecified atom stereocenters. The first-order chi connectivity index (χ1) is 13.2. The first-order valence-corrected chi connectivity index (χ1v) is 9.49. The number of aromatic nitrogens is 2. The number of rotatable bonds is 4. The summed E-state index contributed by atoms with van der Waals surface area (Å²) in [6, 6.07) is 17.5. The molecule has 0 spiro atoms. The molecule has 0 aliphatic carbocycles. The molecule has 0 bridgehead atoms. The third kappa shape index (κ3) is 3.72. The molecule has 2 aromatic carbocycles. The van der Waals surface area contributed by atoms with Crippen LogP contribution in [-0.4, -0.2) is 28.8 Å². The molecule has 1 aliphatic heterocycles. The third-order valence-electron chi connectivity index (χ3n) is 5.06. The van der Waals surface area contributed by atoms with E-state index in [0.717, 1.165) is 35.8 Å². The molecule has 3 aromatic rings. The highest BCUT2D eigenvalue weighted by Crippen LogP contribution is 2.28. The van der Waals surface area contributed by atoms with Crippen molar-refractivity contribution in [3.05, 3.63) is 72.1 Å². The minimum Gasteiger partial charge on any atom is -0.370 e. The Balaban J connectivity index is 1.52. The largest absolute Gasteiger partial charge is 0.370 e. The van der Waals surface area contributed by atoms with Gasteiger partial charge in [-0.05, 0) is 68.7 Å². The van der Waals surface area contributed by atoms with Crippen molar-refractivity contribution >= 4 is 17.3 Å². The predicted molar refractivity (Wildman–Crippen MR) is 109 cm³/mol. The fourth-order valence-electron chi connectivity index (χ4n) is 3.58. The van der Waals surface area contributed by atoms with Crippen molar-refractivity contribution in [1.82, 2.24) is 9.78 Å². The Morgan fingerprint density at radius 3 is 2.41 bits per heavy atom. The van der Waals surface area contributed by atoms with Crippen molar-refractivity contribution in [2.75, 3.05) is 23.3 Å². The van der Waals surface area contributed by atoms with Gasteiger partial charge in [0.15, 0.2) is 0 Å². The summed E-state index contributed by atoms with van der Waals surface area (Å²) in [6.07, 6.45) is 5.47. The molecular weight excluding hydrogens is 336 g/mol. The van der Waals surface area contributed by atoms with Gasteiger partial charge in [0, 0.05) is 30.5 Å². The van der Waals surface area contributed by atoms with Crippen LogP contribution in [0.5, 0.6) is 0 Å². The van der Waals surface area contributed by atoms with E-state index in [1.165, 1.54) is 19.3 Å². The average Bonchev–Trinajstić information content (AvgIpc) is 3.15. The van der Waals surface area contributed by atoms with Crippen LogP contribution >= 0.6 is 0 Å². The average molecular weight is 360 g/mol.